The Bertz CT molecular complexity index is 1270. The fourth-order valence-electron chi connectivity index (χ4n) is 3.12. The van der Waals surface area contributed by atoms with E-state index in [1.807, 2.05) is 30.3 Å². The summed E-state index contributed by atoms with van der Waals surface area (Å²) in [5.74, 6) is -0.566. The number of hydrogen-bond donors (Lipinski definition) is 1. The third kappa shape index (κ3) is 5.24. The Morgan fingerprint density at radius 2 is 1.75 bits per heavy atom. The number of nitrogens with one attached hydrogen (secondary N) is 1. The quantitative estimate of drug-likeness (QED) is 0.540. The van der Waals surface area contributed by atoms with Gasteiger partial charge in [0.1, 0.15) is 6.54 Å². The van der Waals surface area contributed by atoms with Crippen molar-refractivity contribution in [2.24, 2.45) is 0 Å². The van der Waals surface area contributed by atoms with Crippen LogP contribution in [0.25, 0.3) is 11.3 Å². The number of hydrogen-bond acceptors (Lipinski definition) is 5. The molecule has 0 atom stereocenters. The van der Waals surface area contributed by atoms with Gasteiger partial charge in [0.2, 0.25) is 15.9 Å². The molecular weight excluding hydrogens is 452 g/mol. The molecule has 10 heteroatoms. The van der Waals surface area contributed by atoms with Gasteiger partial charge in [-0.15, -0.1) is 0 Å². The molecule has 3 rings (SSSR count). The van der Waals surface area contributed by atoms with E-state index < -0.39 is 21.5 Å². The number of benzene rings is 2. The number of nitrogens with zero attached hydrogens (tertiary/aromatic N) is 3. The molecule has 0 unspecified atom stereocenters. The van der Waals surface area contributed by atoms with Crippen LogP contribution in [-0.4, -0.2) is 41.5 Å². The van der Waals surface area contributed by atoms with Gasteiger partial charge in [0.25, 0.3) is 5.56 Å². The molecule has 0 bridgehead atoms. The van der Waals surface area contributed by atoms with E-state index in [1.165, 1.54) is 28.6 Å². The Hall–Kier alpha value is -3.01. The highest BCUT2D eigenvalue weighted by Crippen LogP contribution is 2.27. The maximum atomic E-state index is 12.8. The molecule has 0 radical (unpaired) electrons. The number of anilines is 1. The van der Waals surface area contributed by atoms with Crippen LogP contribution in [0.2, 0.25) is 5.02 Å². The molecule has 2 aromatic carbocycles. The lowest BCUT2D eigenvalue weighted by atomic mass is 10.1. The average molecular weight is 475 g/mol. The van der Waals surface area contributed by atoms with Crippen molar-refractivity contribution in [3.05, 3.63) is 76.0 Å². The molecule has 32 heavy (non-hydrogen) atoms. The fourth-order valence-corrected chi connectivity index (χ4v) is 4.77. The van der Waals surface area contributed by atoms with Gasteiger partial charge >= 0.3 is 0 Å². The normalized spacial score (nSPS) is 11.5. The van der Waals surface area contributed by atoms with Crippen LogP contribution in [-0.2, 0) is 21.4 Å². The van der Waals surface area contributed by atoms with Gasteiger partial charge in [-0.2, -0.15) is 9.40 Å². The van der Waals surface area contributed by atoms with E-state index in [9.17, 15) is 18.0 Å². The predicted octanol–water partition coefficient (Wildman–Crippen LogP) is 3.23. The Morgan fingerprint density at radius 1 is 1.06 bits per heavy atom. The second-order valence-electron chi connectivity index (χ2n) is 6.86. The van der Waals surface area contributed by atoms with Crippen LogP contribution in [0.5, 0.6) is 0 Å². The van der Waals surface area contributed by atoms with Crippen molar-refractivity contribution >= 4 is 33.2 Å². The molecule has 0 saturated heterocycles. The monoisotopic (exact) mass is 474 g/mol. The second-order valence-corrected chi connectivity index (χ2v) is 9.20. The molecule has 0 aliphatic heterocycles. The number of aromatic nitrogens is 2. The van der Waals surface area contributed by atoms with Crippen LogP contribution in [0.1, 0.15) is 13.8 Å². The van der Waals surface area contributed by atoms with Gasteiger partial charge < -0.3 is 5.32 Å². The van der Waals surface area contributed by atoms with Crippen molar-refractivity contribution in [2.45, 2.75) is 25.3 Å². The van der Waals surface area contributed by atoms with Gasteiger partial charge in [0, 0.05) is 24.7 Å². The summed E-state index contributed by atoms with van der Waals surface area (Å²) in [5, 5.41) is 7.01. The smallest absolute Gasteiger partial charge is 0.267 e. The summed E-state index contributed by atoms with van der Waals surface area (Å²) in [5.41, 5.74) is 1.04. The Morgan fingerprint density at radius 3 is 2.41 bits per heavy atom. The molecule has 0 fully saturated rings. The number of sulfonamides is 1. The fraction of sp³-hybridized carbons (Fsp3) is 0.227. The molecule has 3 aromatic rings. The van der Waals surface area contributed by atoms with Gasteiger partial charge in [0.15, 0.2) is 0 Å². The highest BCUT2D eigenvalue weighted by molar-refractivity contribution is 7.89. The van der Waals surface area contributed by atoms with Crippen molar-refractivity contribution < 1.29 is 13.2 Å². The first-order valence-corrected chi connectivity index (χ1v) is 11.8. The van der Waals surface area contributed by atoms with Crippen molar-refractivity contribution in [2.75, 3.05) is 18.4 Å². The summed E-state index contributed by atoms with van der Waals surface area (Å²) >= 11 is 6.17. The first kappa shape index (κ1) is 23.6. The number of halogens is 1. The molecule has 0 saturated carbocycles. The van der Waals surface area contributed by atoms with Crippen molar-refractivity contribution in [1.82, 2.24) is 14.1 Å². The maximum absolute atomic E-state index is 12.8. The minimum Gasteiger partial charge on any atom is -0.323 e. The highest BCUT2D eigenvalue weighted by Gasteiger charge is 2.23. The van der Waals surface area contributed by atoms with Crippen LogP contribution in [0.15, 0.2) is 70.4 Å². The Kier molecular flexibility index (Phi) is 7.44. The third-order valence-corrected chi connectivity index (χ3v) is 7.16. The van der Waals surface area contributed by atoms with E-state index in [4.69, 9.17) is 11.6 Å². The first-order chi connectivity index (χ1) is 15.3. The van der Waals surface area contributed by atoms with Gasteiger partial charge in [-0.3, -0.25) is 9.59 Å². The van der Waals surface area contributed by atoms with Crippen molar-refractivity contribution in [3.63, 3.8) is 0 Å². The van der Waals surface area contributed by atoms with Gasteiger partial charge in [-0.1, -0.05) is 55.8 Å². The van der Waals surface area contributed by atoms with Crippen LogP contribution in [0.4, 0.5) is 5.69 Å². The zero-order chi connectivity index (χ0) is 23.3. The van der Waals surface area contributed by atoms with Crippen LogP contribution in [0, 0.1) is 0 Å². The van der Waals surface area contributed by atoms with Gasteiger partial charge in [-0.05, 0) is 24.3 Å². The predicted molar refractivity (Wildman–Crippen MR) is 124 cm³/mol. The third-order valence-electron chi connectivity index (χ3n) is 4.78. The maximum Gasteiger partial charge on any atom is 0.267 e. The van der Waals surface area contributed by atoms with E-state index in [1.54, 1.807) is 19.9 Å². The van der Waals surface area contributed by atoms with Gasteiger partial charge in [0.05, 0.1) is 21.3 Å². The molecule has 0 aliphatic carbocycles. The summed E-state index contributed by atoms with van der Waals surface area (Å²) < 4.78 is 27.9. The van der Waals surface area contributed by atoms with Crippen LogP contribution < -0.4 is 10.9 Å². The summed E-state index contributed by atoms with van der Waals surface area (Å²) in [7, 11) is -3.72. The minimum absolute atomic E-state index is 0.0160. The van der Waals surface area contributed by atoms with Crippen LogP contribution in [0.3, 0.4) is 0 Å². The molecular formula is C22H23ClN4O4S. The topological polar surface area (TPSA) is 101 Å². The van der Waals surface area contributed by atoms with Gasteiger partial charge in [-0.25, -0.2) is 13.1 Å². The lowest BCUT2D eigenvalue weighted by molar-refractivity contribution is -0.117. The molecule has 1 N–H and O–H groups in total. The molecule has 1 aromatic heterocycles. The van der Waals surface area contributed by atoms with E-state index in [0.717, 1.165) is 10.2 Å². The van der Waals surface area contributed by atoms with E-state index in [-0.39, 0.29) is 22.2 Å². The van der Waals surface area contributed by atoms with E-state index in [2.05, 4.69) is 10.4 Å². The number of carbonyl (C=O) groups excluding carboxylic acids is 1. The largest absolute Gasteiger partial charge is 0.323 e. The minimum atomic E-state index is -3.72. The molecule has 0 spiro atoms. The molecule has 1 heterocycles. The van der Waals surface area contributed by atoms with Crippen molar-refractivity contribution in [3.8, 4) is 11.3 Å². The molecule has 168 valence electrons. The number of rotatable bonds is 8. The van der Waals surface area contributed by atoms with E-state index in [0.29, 0.717) is 18.8 Å². The standard InChI is InChI=1S/C22H23ClN4O4S/c1-3-26(4-2)32(30,31)17-10-11-18(23)20(14-17)24-21(28)15-27-22(29)13-12-19(25-27)16-8-6-5-7-9-16/h5-14H,3-4,15H2,1-2H3,(H,24,28). The number of amides is 1. The zero-order valence-electron chi connectivity index (χ0n) is 17.7. The lowest BCUT2D eigenvalue weighted by Gasteiger charge is -2.19. The Balaban J connectivity index is 1.84. The summed E-state index contributed by atoms with van der Waals surface area (Å²) in [6.07, 6.45) is 0. The molecule has 1 amide bonds. The highest BCUT2D eigenvalue weighted by atomic mass is 35.5. The van der Waals surface area contributed by atoms with Crippen LogP contribution >= 0.6 is 11.6 Å². The molecule has 8 nitrogen and oxygen atoms in total. The first-order valence-electron chi connectivity index (χ1n) is 9.99. The Labute approximate surface area is 191 Å². The van der Waals surface area contributed by atoms with Crippen molar-refractivity contribution in [1.29, 1.82) is 0 Å². The summed E-state index contributed by atoms with van der Waals surface area (Å²) in [6.45, 7) is 3.76. The zero-order valence-corrected chi connectivity index (χ0v) is 19.2. The average Bonchev–Trinajstić information content (AvgIpc) is 2.78. The summed E-state index contributed by atoms with van der Waals surface area (Å²) in [4.78, 5) is 24.8. The SMILES string of the molecule is CCN(CC)S(=O)(=O)c1ccc(Cl)c(NC(=O)Cn2nc(-c3ccccc3)ccc2=O)c1. The van der Waals surface area contributed by atoms with E-state index >= 15 is 0 Å². The summed E-state index contributed by atoms with van der Waals surface area (Å²) in [6, 6.07) is 16.3. The number of carbonyl (C=O) groups is 1. The molecule has 0 aliphatic rings. The lowest BCUT2D eigenvalue weighted by Crippen LogP contribution is -2.31. The second kappa shape index (κ2) is 10.1.